The van der Waals surface area contributed by atoms with E-state index in [0.717, 1.165) is 24.1 Å². The molecule has 1 amide bonds. The molecule has 0 saturated carbocycles. The summed E-state index contributed by atoms with van der Waals surface area (Å²) in [5, 5.41) is 0. The van der Waals surface area contributed by atoms with Crippen LogP contribution < -0.4 is 10.6 Å². The van der Waals surface area contributed by atoms with Crippen LogP contribution in [0.2, 0.25) is 0 Å². The van der Waals surface area contributed by atoms with E-state index in [1.807, 2.05) is 48.2 Å². The number of thiocarbonyl (C=S) groups is 1. The van der Waals surface area contributed by atoms with Gasteiger partial charge >= 0.3 is 0 Å². The minimum Gasteiger partial charge on any atom is -0.393 e. The number of anilines is 1. The average molecular weight is 305 g/mol. The molecule has 1 saturated heterocycles. The molecular formula is C16H23N3OS. The molecule has 4 nitrogen and oxygen atoms in total. The van der Waals surface area contributed by atoms with E-state index in [9.17, 15) is 4.79 Å². The number of piperidine rings is 1. The predicted octanol–water partition coefficient (Wildman–Crippen LogP) is 2.28. The highest BCUT2D eigenvalue weighted by Gasteiger charge is 2.34. The summed E-state index contributed by atoms with van der Waals surface area (Å²) in [6.07, 6.45) is 1.67. The number of likely N-dealkylation sites (tertiary alicyclic amines) is 1. The third kappa shape index (κ3) is 3.35. The van der Waals surface area contributed by atoms with Gasteiger partial charge in [0.05, 0.1) is 4.99 Å². The number of nitrogens with two attached hydrogens (primary N) is 1. The molecule has 1 aliphatic rings. The quantitative estimate of drug-likeness (QED) is 0.871. The molecule has 2 N–H and O–H groups in total. The summed E-state index contributed by atoms with van der Waals surface area (Å²) in [4.78, 5) is 17.1. The van der Waals surface area contributed by atoms with Crippen molar-refractivity contribution in [2.45, 2.75) is 19.8 Å². The van der Waals surface area contributed by atoms with Gasteiger partial charge in [0, 0.05) is 43.9 Å². The van der Waals surface area contributed by atoms with E-state index >= 15 is 0 Å². The highest BCUT2D eigenvalue weighted by atomic mass is 32.1. The lowest BCUT2D eigenvalue weighted by Crippen LogP contribution is -2.46. The molecule has 1 fully saturated rings. The third-order valence-corrected chi connectivity index (χ3v) is 4.85. The van der Waals surface area contributed by atoms with Crippen LogP contribution >= 0.6 is 12.2 Å². The van der Waals surface area contributed by atoms with Crippen LogP contribution in [0.3, 0.4) is 0 Å². The zero-order valence-corrected chi connectivity index (χ0v) is 13.7. The summed E-state index contributed by atoms with van der Waals surface area (Å²) in [5.74, 6) is 0.0867. The molecule has 0 spiro atoms. The number of hydrogen-bond acceptors (Lipinski definition) is 3. The van der Waals surface area contributed by atoms with Gasteiger partial charge in [-0.1, -0.05) is 25.2 Å². The number of benzene rings is 1. The molecular weight excluding hydrogens is 282 g/mol. The number of nitrogens with zero attached hydrogens (tertiary/aromatic N) is 2. The van der Waals surface area contributed by atoms with Crippen LogP contribution in [0.15, 0.2) is 24.3 Å². The van der Waals surface area contributed by atoms with E-state index in [2.05, 4.69) is 6.92 Å². The second-order valence-corrected chi connectivity index (χ2v) is 6.60. The molecule has 1 heterocycles. The second-order valence-electron chi connectivity index (χ2n) is 6.16. The molecule has 0 atom stereocenters. The normalized spacial score (nSPS) is 17.4. The van der Waals surface area contributed by atoms with E-state index in [0.29, 0.717) is 18.1 Å². The molecule has 2 rings (SSSR count). The molecule has 1 aromatic rings. The van der Waals surface area contributed by atoms with Crippen LogP contribution in [0, 0.1) is 5.41 Å². The Morgan fingerprint density at radius 2 is 1.95 bits per heavy atom. The largest absolute Gasteiger partial charge is 0.393 e. The van der Waals surface area contributed by atoms with Crippen molar-refractivity contribution in [3.8, 4) is 0 Å². The van der Waals surface area contributed by atoms with Gasteiger partial charge in [-0.3, -0.25) is 4.79 Å². The van der Waals surface area contributed by atoms with Gasteiger partial charge in [0.2, 0.25) is 0 Å². The van der Waals surface area contributed by atoms with Crippen molar-refractivity contribution >= 4 is 28.8 Å². The summed E-state index contributed by atoms with van der Waals surface area (Å²) < 4.78 is 0. The Hall–Kier alpha value is -1.62. The maximum Gasteiger partial charge on any atom is 0.253 e. The van der Waals surface area contributed by atoms with Crippen molar-refractivity contribution in [1.82, 2.24) is 4.90 Å². The summed E-state index contributed by atoms with van der Waals surface area (Å²) in [5.41, 5.74) is 7.47. The van der Waals surface area contributed by atoms with Crippen molar-refractivity contribution < 1.29 is 4.79 Å². The maximum absolute atomic E-state index is 12.6. The van der Waals surface area contributed by atoms with Gasteiger partial charge in [-0.2, -0.15) is 0 Å². The van der Waals surface area contributed by atoms with Gasteiger partial charge in [-0.05, 0) is 31.0 Å². The van der Waals surface area contributed by atoms with Crippen LogP contribution in [-0.4, -0.2) is 43.0 Å². The fourth-order valence-corrected chi connectivity index (χ4v) is 2.75. The summed E-state index contributed by atoms with van der Waals surface area (Å²) in [7, 11) is 3.94. The summed E-state index contributed by atoms with van der Waals surface area (Å²) in [6, 6.07) is 7.73. The first-order chi connectivity index (χ1) is 9.83. The molecule has 0 unspecified atom stereocenters. The molecule has 5 heteroatoms. The van der Waals surface area contributed by atoms with Gasteiger partial charge in [0.1, 0.15) is 0 Å². The van der Waals surface area contributed by atoms with E-state index in [4.69, 9.17) is 18.0 Å². The van der Waals surface area contributed by atoms with Crippen LogP contribution in [-0.2, 0) is 0 Å². The van der Waals surface area contributed by atoms with Gasteiger partial charge < -0.3 is 15.5 Å². The predicted molar refractivity (Wildman–Crippen MR) is 90.8 cm³/mol. The fourth-order valence-electron chi connectivity index (χ4n) is 2.55. The van der Waals surface area contributed by atoms with Crippen molar-refractivity contribution in [3.63, 3.8) is 0 Å². The smallest absolute Gasteiger partial charge is 0.253 e. The van der Waals surface area contributed by atoms with Crippen LogP contribution in [0.4, 0.5) is 5.69 Å². The van der Waals surface area contributed by atoms with Crippen molar-refractivity contribution in [3.05, 3.63) is 29.8 Å². The molecule has 21 heavy (non-hydrogen) atoms. The minimum atomic E-state index is -0.113. The first kappa shape index (κ1) is 15.8. The van der Waals surface area contributed by atoms with Crippen molar-refractivity contribution in [1.29, 1.82) is 0 Å². The average Bonchev–Trinajstić information content (AvgIpc) is 2.47. The van der Waals surface area contributed by atoms with Gasteiger partial charge in [-0.15, -0.1) is 0 Å². The number of carbonyl (C=O) groups excluding carboxylic acids is 1. The Balaban J connectivity index is 2.09. The maximum atomic E-state index is 12.6. The molecule has 0 aromatic heterocycles. The summed E-state index contributed by atoms with van der Waals surface area (Å²) >= 11 is 5.14. The fraction of sp³-hybridized carbons (Fsp3) is 0.500. The number of amides is 1. The SMILES string of the molecule is CN(C)c1cccc(C(=O)N2CCC(C)(C(N)=S)CC2)c1. The van der Waals surface area contributed by atoms with Gasteiger partial charge in [0.25, 0.3) is 5.91 Å². The minimum absolute atomic E-state index is 0.0867. The van der Waals surface area contributed by atoms with Crippen molar-refractivity contribution in [2.24, 2.45) is 11.1 Å². The highest BCUT2D eigenvalue weighted by molar-refractivity contribution is 7.80. The molecule has 0 bridgehead atoms. The van der Waals surface area contributed by atoms with Gasteiger partial charge in [0.15, 0.2) is 0 Å². The zero-order chi connectivity index (χ0) is 15.6. The number of rotatable bonds is 3. The number of carbonyl (C=O) groups is 1. The van der Waals surface area contributed by atoms with Gasteiger partial charge in [-0.25, -0.2) is 0 Å². The first-order valence-corrected chi connectivity index (χ1v) is 7.61. The Bertz CT molecular complexity index is 548. The molecule has 0 radical (unpaired) electrons. The van der Waals surface area contributed by atoms with E-state index in [1.54, 1.807) is 0 Å². The van der Waals surface area contributed by atoms with E-state index < -0.39 is 0 Å². The van der Waals surface area contributed by atoms with E-state index in [-0.39, 0.29) is 11.3 Å². The molecule has 114 valence electrons. The Morgan fingerprint density at radius 3 is 2.48 bits per heavy atom. The monoisotopic (exact) mass is 305 g/mol. The Labute approximate surface area is 131 Å². The van der Waals surface area contributed by atoms with E-state index in [1.165, 1.54) is 0 Å². The lowest BCUT2D eigenvalue weighted by Gasteiger charge is -2.38. The van der Waals surface area contributed by atoms with Crippen LogP contribution in [0.1, 0.15) is 30.1 Å². The second kappa shape index (κ2) is 6.02. The molecule has 1 aromatic carbocycles. The first-order valence-electron chi connectivity index (χ1n) is 7.20. The van der Waals surface area contributed by atoms with Crippen LogP contribution in [0.25, 0.3) is 0 Å². The molecule has 1 aliphatic heterocycles. The molecule has 0 aliphatic carbocycles. The topological polar surface area (TPSA) is 49.6 Å². The lowest BCUT2D eigenvalue weighted by molar-refractivity contribution is 0.0670. The highest BCUT2D eigenvalue weighted by Crippen LogP contribution is 2.31. The Morgan fingerprint density at radius 1 is 1.33 bits per heavy atom. The zero-order valence-electron chi connectivity index (χ0n) is 12.9. The Kier molecular flexibility index (Phi) is 4.52. The summed E-state index contributed by atoms with van der Waals surface area (Å²) in [6.45, 7) is 3.50. The number of hydrogen-bond donors (Lipinski definition) is 1. The lowest BCUT2D eigenvalue weighted by atomic mass is 9.80. The van der Waals surface area contributed by atoms with Crippen LogP contribution in [0.5, 0.6) is 0 Å². The standard InChI is InChI=1S/C16H23N3OS/c1-16(15(17)21)7-9-19(10-8-16)14(20)12-5-4-6-13(11-12)18(2)3/h4-6,11H,7-10H2,1-3H3,(H2,17,21). The third-order valence-electron chi connectivity index (χ3n) is 4.36. The van der Waals surface area contributed by atoms with Crippen molar-refractivity contribution in [2.75, 3.05) is 32.1 Å².